The number of ether oxygens (including phenoxy) is 2. The summed E-state index contributed by atoms with van der Waals surface area (Å²) in [5.41, 5.74) is 7.44. The summed E-state index contributed by atoms with van der Waals surface area (Å²) >= 11 is 0. The molecule has 0 radical (unpaired) electrons. The topological polar surface area (TPSA) is 66.1 Å². The van der Waals surface area contributed by atoms with Gasteiger partial charge < -0.3 is 14.4 Å². The highest BCUT2D eigenvalue weighted by atomic mass is 16.7. The quantitative estimate of drug-likeness (QED) is 0.831. The van der Waals surface area contributed by atoms with E-state index in [1.165, 1.54) is 5.56 Å². The molecule has 7 nitrogen and oxygen atoms in total. The van der Waals surface area contributed by atoms with Crippen molar-refractivity contribution >= 4 is 5.91 Å². The van der Waals surface area contributed by atoms with Crippen LogP contribution in [0.1, 0.15) is 18.9 Å². The summed E-state index contributed by atoms with van der Waals surface area (Å²) < 4.78 is 10.8. The van der Waals surface area contributed by atoms with Gasteiger partial charge in [0, 0.05) is 38.8 Å². The number of nitrogens with one attached hydrogen (secondary N) is 2. The van der Waals surface area contributed by atoms with Gasteiger partial charge in [-0.2, -0.15) is 0 Å². The standard InChI is InChI=1S/C17H24N4O3/c1-12-8-14(19-18-12)17(22)21-6-4-20(5-7-21)10-13-2-3-15-16(9-13)24-11-23-15/h2-3,9,12,14,18-19H,4-8,10-11H2,1H3. The normalized spacial score (nSPS) is 26.8. The van der Waals surface area contributed by atoms with Crippen LogP contribution in [-0.2, 0) is 11.3 Å². The number of hydrogen-bond donors (Lipinski definition) is 2. The average Bonchev–Trinajstić information content (AvgIpc) is 3.23. The van der Waals surface area contributed by atoms with Gasteiger partial charge in [-0.05, 0) is 31.0 Å². The van der Waals surface area contributed by atoms with Crippen molar-refractivity contribution in [3.8, 4) is 11.5 Å². The Hall–Kier alpha value is -1.83. The third-order valence-electron chi connectivity index (χ3n) is 4.92. The van der Waals surface area contributed by atoms with Crippen molar-refractivity contribution in [2.45, 2.75) is 32.0 Å². The van der Waals surface area contributed by atoms with E-state index in [0.717, 1.165) is 50.6 Å². The van der Waals surface area contributed by atoms with Gasteiger partial charge >= 0.3 is 0 Å². The lowest BCUT2D eigenvalue weighted by atomic mass is 10.1. The third kappa shape index (κ3) is 3.19. The van der Waals surface area contributed by atoms with Gasteiger partial charge in [0.25, 0.3) is 0 Å². The molecule has 0 aromatic heterocycles. The highest BCUT2D eigenvalue weighted by molar-refractivity contribution is 5.82. The number of amides is 1. The van der Waals surface area contributed by atoms with E-state index in [2.05, 4.69) is 34.8 Å². The Labute approximate surface area is 141 Å². The van der Waals surface area contributed by atoms with Crippen LogP contribution in [-0.4, -0.2) is 60.8 Å². The Kier molecular flexibility index (Phi) is 4.30. The molecule has 0 spiro atoms. The summed E-state index contributed by atoms with van der Waals surface area (Å²) in [5, 5.41) is 0. The number of carbonyl (C=O) groups is 1. The number of hydrazine groups is 1. The van der Waals surface area contributed by atoms with Crippen molar-refractivity contribution in [1.29, 1.82) is 0 Å². The summed E-state index contributed by atoms with van der Waals surface area (Å²) in [6.07, 6.45) is 0.857. The minimum absolute atomic E-state index is 0.0830. The zero-order valence-corrected chi connectivity index (χ0v) is 14.0. The monoisotopic (exact) mass is 332 g/mol. The SMILES string of the molecule is CC1CC(C(=O)N2CCN(Cc3ccc4c(c3)OCO4)CC2)NN1. The first kappa shape index (κ1) is 15.7. The van der Waals surface area contributed by atoms with Crippen molar-refractivity contribution < 1.29 is 14.3 Å². The molecule has 2 unspecified atom stereocenters. The highest BCUT2D eigenvalue weighted by Crippen LogP contribution is 2.32. The van der Waals surface area contributed by atoms with Crippen LogP contribution in [0.25, 0.3) is 0 Å². The second-order valence-electron chi connectivity index (χ2n) is 6.77. The van der Waals surface area contributed by atoms with Crippen molar-refractivity contribution in [2.24, 2.45) is 0 Å². The molecular formula is C17H24N4O3. The zero-order valence-electron chi connectivity index (χ0n) is 14.0. The largest absolute Gasteiger partial charge is 0.454 e. The molecule has 2 N–H and O–H groups in total. The minimum atomic E-state index is -0.0830. The average molecular weight is 332 g/mol. The Morgan fingerprint density at radius 2 is 1.96 bits per heavy atom. The summed E-state index contributed by atoms with van der Waals surface area (Å²) in [5.74, 6) is 1.87. The lowest BCUT2D eigenvalue weighted by molar-refractivity contribution is -0.135. The van der Waals surface area contributed by atoms with E-state index in [1.54, 1.807) is 0 Å². The zero-order chi connectivity index (χ0) is 16.5. The number of hydrogen-bond acceptors (Lipinski definition) is 6. The van der Waals surface area contributed by atoms with Gasteiger partial charge in [-0.15, -0.1) is 0 Å². The van der Waals surface area contributed by atoms with E-state index >= 15 is 0 Å². The molecule has 0 bridgehead atoms. The minimum Gasteiger partial charge on any atom is -0.454 e. The van der Waals surface area contributed by atoms with Gasteiger partial charge in [0.15, 0.2) is 11.5 Å². The Balaban J connectivity index is 1.29. The van der Waals surface area contributed by atoms with Crippen molar-refractivity contribution in [2.75, 3.05) is 33.0 Å². The Morgan fingerprint density at radius 3 is 2.71 bits per heavy atom. The number of fused-ring (bicyclic) bond motifs is 1. The summed E-state index contributed by atoms with van der Waals surface area (Å²) in [6, 6.07) is 6.37. The van der Waals surface area contributed by atoms with Crippen LogP contribution in [0.15, 0.2) is 18.2 Å². The van der Waals surface area contributed by atoms with Crippen LogP contribution < -0.4 is 20.3 Å². The van der Waals surface area contributed by atoms with Gasteiger partial charge in [0.05, 0.1) is 0 Å². The maximum Gasteiger partial charge on any atom is 0.241 e. The molecule has 24 heavy (non-hydrogen) atoms. The molecule has 1 aromatic carbocycles. The first-order chi connectivity index (χ1) is 11.7. The van der Waals surface area contributed by atoms with Crippen LogP contribution in [0.5, 0.6) is 11.5 Å². The maximum absolute atomic E-state index is 12.5. The second-order valence-corrected chi connectivity index (χ2v) is 6.77. The van der Waals surface area contributed by atoms with Crippen LogP contribution >= 0.6 is 0 Å². The molecule has 2 saturated heterocycles. The smallest absolute Gasteiger partial charge is 0.241 e. The molecular weight excluding hydrogens is 308 g/mol. The third-order valence-corrected chi connectivity index (χ3v) is 4.92. The first-order valence-electron chi connectivity index (χ1n) is 8.60. The molecule has 1 aromatic rings. The van der Waals surface area contributed by atoms with Crippen molar-refractivity contribution in [3.05, 3.63) is 23.8 Å². The molecule has 1 amide bonds. The van der Waals surface area contributed by atoms with Crippen LogP contribution in [0.3, 0.4) is 0 Å². The molecule has 0 saturated carbocycles. The number of piperazine rings is 1. The van der Waals surface area contributed by atoms with Crippen molar-refractivity contribution in [3.63, 3.8) is 0 Å². The van der Waals surface area contributed by atoms with E-state index in [9.17, 15) is 4.79 Å². The van der Waals surface area contributed by atoms with E-state index in [4.69, 9.17) is 9.47 Å². The van der Waals surface area contributed by atoms with E-state index < -0.39 is 0 Å². The van der Waals surface area contributed by atoms with Gasteiger partial charge in [0.2, 0.25) is 12.7 Å². The predicted octanol–water partition coefficient (Wildman–Crippen LogP) is 0.315. The highest BCUT2D eigenvalue weighted by Gasteiger charge is 2.31. The molecule has 3 aliphatic heterocycles. The lowest BCUT2D eigenvalue weighted by Crippen LogP contribution is -2.53. The molecule has 2 fully saturated rings. The number of benzene rings is 1. The van der Waals surface area contributed by atoms with Gasteiger partial charge in [-0.25, -0.2) is 5.43 Å². The first-order valence-corrected chi connectivity index (χ1v) is 8.60. The Morgan fingerprint density at radius 1 is 1.17 bits per heavy atom. The van der Waals surface area contributed by atoms with Gasteiger partial charge in [0.1, 0.15) is 6.04 Å². The molecule has 3 aliphatic rings. The Bertz CT molecular complexity index is 616. The van der Waals surface area contributed by atoms with Gasteiger partial charge in [-0.3, -0.25) is 15.1 Å². The molecule has 3 heterocycles. The number of nitrogens with zero attached hydrogens (tertiary/aromatic N) is 2. The molecule has 7 heteroatoms. The van der Waals surface area contributed by atoms with E-state index in [0.29, 0.717) is 12.8 Å². The predicted molar refractivity (Wildman–Crippen MR) is 88.6 cm³/mol. The molecule has 4 rings (SSSR count). The fraction of sp³-hybridized carbons (Fsp3) is 0.588. The molecule has 130 valence electrons. The van der Waals surface area contributed by atoms with Crippen LogP contribution in [0.2, 0.25) is 0 Å². The number of rotatable bonds is 3. The summed E-state index contributed by atoms with van der Waals surface area (Å²) in [4.78, 5) is 16.9. The summed E-state index contributed by atoms with van der Waals surface area (Å²) in [7, 11) is 0. The molecule has 2 atom stereocenters. The lowest BCUT2D eigenvalue weighted by Gasteiger charge is -2.35. The molecule has 0 aliphatic carbocycles. The summed E-state index contributed by atoms with van der Waals surface area (Å²) in [6.45, 7) is 6.64. The van der Waals surface area contributed by atoms with Crippen LogP contribution in [0, 0.1) is 0 Å². The maximum atomic E-state index is 12.5. The number of carbonyl (C=O) groups excluding carboxylic acids is 1. The van der Waals surface area contributed by atoms with E-state index in [1.807, 2.05) is 11.0 Å². The fourth-order valence-electron chi connectivity index (χ4n) is 3.52. The second kappa shape index (κ2) is 6.58. The van der Waals surface area contributed by atoms with Gasteiger partial charge in [-0.1, -0.05) is 6.07 Å². The fourth-order valence-corrected chi connectivity index (χ4v) is 3.52. The van der Waals surface area contributed by atoms with E-state index in [-0.39, 0.29) is 11.9 Å². The van der Waals surface area contributed by atoms with Crippen LogP contribution in [0.4, 0.5) is 0 Å². The van der Waals surface area contributed by atoms with Crippen molar-refractivity contribution in [1.82, 2.24) is 20.7 Å².